The first-order chi connectivity index (χ1) is 14.1. The molecule has 4 rings (SSSR count). The van der Waals surface area contributed by atoms with Crippen LogP contribution in [0.5, 0.6) is 16.7 Å². The quantitative estimate of drug-likeness (QED) is 0.438. The third-order valence-corrected chi connectivity index (χ3v) is 5.18. The first-order valence-electron chi connectivity index (χ1n) is 8.92. The fourth-order valence-electron chi connectivity index (χ4n) is 2.82. The van der Waals surface area contributed by atoms with Gasteiger partial charge in [-0.15, -0.1) is 5.10 Å². The normalized spacial score (nSPS) is 11.1. The van der Waals surface area contributed by atoms with Gasteiger partial charge in [0.1, 0.15) is 28.4 Å². The van der Waals surface area contributed by atoms with Crippen molar-refractivity contribution in [3.8, 4) is 28.1 Å². The van der Waals surface area contributed by atoms with Crippen LogP contribution >= 0.6 is 11.3 Å². The van der Waals surface area contributed by atoms with Crippen LogP contribution < -0.4 is 19.5 Å². The van der Waals surface area contributed by atoms with Crippen molar-refractivity contribution < 1.29 is 19.0 Å². The summed E-state index contributed by atoms with van der Waals surface area (Å²) in [6.07, 6.45) is 4.59. The number of carbonyl (C=O) groups excluding carboxylic acids is 1. The number of rotatable bonds is 8. The maximum atomic E-state index is 11.4. The molecule has 4 aromatic heterocycles. The summed E-state index contributed by atoms with van der Waals surface area (Å²) in [7, 11) is 4.78. The first-order valence-corrected chi connectivity index (χ1v) is 9.74. The van der Waals surface area contributed by atoms with E-state index in [1.54, 1.807) is 48.8 Å². The van der Waals surface area contributed by atoms with Crippen molar-refractivity contribution in [1.82, 2.24) is 29.5 Å². The Morgan fingerprint density at radius 3 is 2.72 bits per heavy atom. The average molecular weight is 416 g/mol. The molecule has 0 spiro atoms. The molecule has 0 unspecified atom stereocenters. The highest BCUT2D eigenvalue weighted by molar-refractivity contribution is 7.18. The van der Waals surface area contributed by atoms with Gasteiger partial charge < -0.3 is 19.5 Å². The van der Waals surface area contributed by atoms with Crippen LogP contribution in [0.15, 0.2) is 24.5 Å². The van der Waals surface area contributed by atoms with Crippen LogP contribution in [0.2, 0.25) is 0 Å². The van der Waals surface area contributed by atoms with Gasteiger partial charge in [0.05, 0.1) is 33.2 Å². The highest BCUT2D eigenvalue weighted by atomic mass is 32.1. The molecule has 0 aliphatic carbocycles. The van der Waals surface area contributed by atoms with Crippen LogP contribution in [0.1, 0.15) is 12.8 Å². The second kappa shape index (κ2) is 7.95. The minimum absolute atomic E-state index is 0.0129. The summed E-state index contributed by atoms with van der Waals surface area (Å²) in [6.45, 7) is 0.403. The van der Waals surface area contributed by atoms with Crippen molar-refractivity contribution in [2.45, 2.75) is 12.8 Å². The highest BCUT2D eigenvalue weighted by Crippen LogP contribution is 2.30. The SMILES string of the molecule is CNC(=O)CCCOc1cc(OC)cn2nc(-c3cn4nc(OC)sc4n3)cc12. The minimum Gasteiger partial charge on any atom is -0.495 e. The smallest absolute Gasteiger partial charge is 0.294 e. The van der Waals surface area contributed by atoms with Crippen LogP contribution in [-0.4, -0.2) is 58.0 Å². The molecule has 4 aromatic rings. The fourth-order valence-corrected chi connectivity index (χ4v) is 3.52. The Kier molecular flexibility index (Phi) is 5.21. The predicted molar refractivity (Wildman–Crippen MR) is 107 cm³/mol. The Labute approximate surface area is 170 Å². The van der Waals surface area contributed by atoms with E-state index in [1.807, 2.05) is 6.07 Å². The molecule has 0 atom stereocenters. The van der Waals surface area contributed by atoms with Gasteiger partial charge in [-0.2, -0.15) is 5.10 Å². The van der Waals surface area contributed by atoms with E-state index in [0.29, 0.717) is 47.5 Å². The van der Waals surface area contributed by atoms with E-state index in [0.717, 1.165) is 10.5 Å². The van der Waals surface area contributed by atoms with Gasteiger partial charge in [-0.05, 0) is 23.8 Å². The molecular formula is C18H20N6O4S. The number of hydrogen-bond donors (Lipinski definition) is 1. The topological polar surface area (TPSA) is 104 Å². The van der Waals surface area contributed by atoms with Crippen molar-refractivity contribution in [3.63, 3.8) is 0 Å². The van der Waals surface area contributed by atoms with E-state index in [9.17, 15) is 4.79 Å². The second-order valence-corrected chi connectivity index (χ2v) is 7.07. The van der Waals surface area contributed by atoms with Crippen molar-refractivity contribution in [3.05, 3.63) is 24.5 Å². The Morgan fingerprint density at radius 2 is 2.00 bits per heavy atom. The molecular weight excluding hydrogens is 396 g/mol. The van der Waals surface area contributed by atoms with Gasteiger partial charge in [0.2, 0.25) is 10.9 Å². The van der Waals surface area contributed by atoms with Crippen molar-refractivity contribution in [2.75, 3.05) is 27.9 Å². The number of amides is 1. The fraction of sp³-hybridized carbons (Fsp3) is 0.333. The number of nitrogens with zero attached hydrogens (tertiary/aromatic N) is 5. The first kappa shape index (κ1) is 19.0. The zero-order chi connectivity index (χ0) is 20.4. The van der Waals surface area contributed by atoms with Gasteiger partial charge in [-0.1, -0.05) is 0 Å². The molecule has 0 aliphatic heterocycles. The minimum atomic E-state index is -0.0129. The van der Waals surface area contributed by atoms with Gasteiger partial charge in [-0.25, -0.2) is 14.0 Å². The molecule has 0 fully saturated rings. The van der Waals surface area contributed by atoms with E-state index >= 15 is 0 Å². The number of nitrogens with one attached hydrogen (secondary N) is 1. The Balaban J connectivity index is 1.62. The number of fused-ring (bicyclic) bond motifs is 2. The van der Waals surface area contributed by atoms with Gasteiger partial charge in [0, 0.05) is 19.5 Å². The molecule has 0 radical (unpaired) electrons. The van der Waals surface area contributed by atoms with E-state index in [1.165, 1.54) is 11.3 Å². The maximum absolute atomic E-state index is 11.4. The largest absolute Gasteiger partial charge is 0.495 e. The predicted octanol–water partition coefficient (Wildman–Crippen LogP) is 2.03. The lowest BCUT2D eigenvalue weighted by Gasteiger charge is -2.09. The molecule has 0 saturated heterocycles. The monoisotopic (exact) mass is 416 g/mol. The van der Waals surface area contributed by atoms with Gasteiger partial charge >= 0.3 is 0 Å². The molecule has 0 aromatic carbocycles. The lowest BCUT2D eigenvalue weighted by atomic mass is 10.3. The molecule has 10 nitrogen and oxygen atoms in total. The maximum Gasteiger partial charge on any atom is 0.294 e. The molecule has 0 saturated carbocycles. The average Bonchev–Trinajstić information content (AvgIpc) is 3.42. The second-order valence-electron chi connectivity index (χ2n) is 6.15. The number of methoxy groups -OCH3 is 2. The van der Waals surface area contributed by atoms with Crippen LogP contribution in [-0.2, 0) is 4.79 Å². The summed E-state index contributed by atoms with van der Waals surface area (Å²) in [5.41, 5.74) is 2.16. The Morgan fingerprint density at radius 1 is 1.14 bits per heavy atom. The number of hydrogen-bond acceptors (Lipinski definition) is 8. The van der Waals surface area contributed by atoms with Crippen LogP contribution in [0, 0.1) is 0 Å². The summed E-state index contributed by atoms with van der Waals surface area (Å²) in [6, 6.07) is 3.70. The van der Waals surface area contributed by atoms with E-state index in [-0.39, 0.29) is 5.91 Å². The van der Waals surface area contributed by atoms with E-state index in [4.69, 9.17) is 14.2 Å². The number of pyridine rings is 1. The lowest BCUT2D eigenvalue weighted by Crippen LogP contribution is -2.18. The van der Waals surface area contributed by atoms with E-state index < -0.39 is 0 Å². The molecule has 1 amide bonds. The number of imidazole rings is 1. The van der Waals surface area contributed by atoms with Crippen LogP contribution in [0.3, 0.4) is 0 Å². The van der Waals surface area contributed by atoms with Crippen molar-refractivity contribution in [2.24, 2.45) is 0 Å². The van der Waals surface area contributed by atoms with Crippen LogP contribution in [0.4, 0.5) is 0 Å². The summed E-state index contributed by atoms with van der Waals surface area (Å²) >= 11 is 1.35. The lowest BCUT2D eigenvalue weighted by molar-refractivity contribution is -0.120. The summed E-state index contributed by atoms with van der Waals surface area (Å²) < 4.78 is 19.8. The third-order valence-electron chi connectivity index (χ3n) is 4.29. The number of aromatic nitrogens is 5. The van der Waals surface area contributed by atoms with Gasteiger partial charge in [0.25, 0.3) is 5.19 Å². The summed E-state index contributed by atoms with van der Waals surface area (Å²) in [4.78, 5) is 16.7. The van der Waals surface area contributed by atoms with Gasteiger partial charge in [0.15, 0.2) is 0 Å². The van der Waals surface area contributed by atoms with Crippen molar-refractivity contribution in [1.29, 1.82) is 0 Å². The molecule has 152 valence electrons. The number of ether oxygens (including phenoxy) is 3. The summed E-state index contributed by atoms with van der Waals surface area (Å²) in [5.74, 6) is 1.23. The van der Waals surface area contributed by atoms with Crippen LogP contribution in [0.25, 0.3) is 21.9 Å². The zero-order valence-corrected chi connectivity index (χ0v) is 17.0. The van der Waals surface area contributed by atoms with E-state index in [2.05, 4.69) is 20.5 Å². The number of carbonyl (C=O) groups is 1. The summed E-state index contributed by atoms with van der Waals surface area (Å²) in [5, 5.41) is 12.0. The molecule has 29 heavy (non-hydrogen) atoms. The molecule has 1 N–H and O–H groups in total. The standard InChI is InChI=1S/C18H20N6O4S/c1-19-16(25)5-4-6-28-15-7-11(26-2)9-23-14(15)8-12(21-23)13-10-24-17(20-13)29-18(22-24)27-3/h7-10H,4-6H2,1-3H3,(H,19,25). The third kappa shape index (κ3) is 3.81. The highest BCUT2D eigenvalue weighted by Gasteiger charge is 2.16. The van der Waals surface area contributed by atoms with Gasteiger partial charge in [-0.3, -0.25) is 4.79 Å². The zero-order valence-electron chi connectivity index (χ0n) is 16.2. The van der Waals surface area contributed by atoms with Crippen molar-refractivity contribution >= 4 is 27.7 Å². The molecule has 11 heteroatoms. The Bertz CT molecular complexity index is 1130. The molecule has 0 aliphatic rings. The molecule has 0 bridgehead atoms. The Hall–Kier alpha value is -3.34. The molecule has 4 heterocycles.